The van der Waals surface area contributed by atoms with Gasteiger partial charge in [-0.3, -0.25) is 14.9 Å². The van der Waals surface area contributed by atoms with Crippen molar-refractivity contribution < 1.29 is 9.72 Å². The molecular formula is C15H13ClN2O3. The molecule has 2 aromatic carbocycles. The Morgan fingerprint density at radius 3 is 2.57 bits per heavy atom. The van der Waals surface area contributed by atoms with Crippen LogP contribution in [-0.4, -0.2) is 10.8 Å². The van der Waals surface area contributed by atoms with Gasteiger partial charge in [0.05, 0.1) is 4.92 Å². The number of nitrogens with zero attached hydrogens (tertiary/aromatic N) is 1. The van der Waals surface area contributed by atoms with E-state index >= 15 is 0 Å². The third kappa shape index (κ3) is 4.03. The zero-order valence-corrected chi connectivity index (χ0v) is 11.8. The van der Waals surface area contributed by atoms with Crippen LogP contribution in [0, 0.1) is 10.1 Å². The fourth-order valence-corrected chi connectivity index (χ4v) is 2.03. The molecule has 0 aliphatic rings. The molecule has 0 atom stereocenters. The molecule has 2 aromatic rings. The van der Waals surface area contributed by atoms with Gasteiger partial charge in [-0.2, -0.15) is 0 Å². The smallest absolute Gasteiger partial charge is 0.270 e. The minimum absolute atomic E-state index is 0.105. The van der Waals surface area contributed by atoms with Crippen LogP contribution in [0.2, 0.25) is 0 Å². The van der Waals surface area contributed by atoms with Gasteiger partial charge >= 0.3 is 0 Å². The molecule has 0 radical (unpaired) electrons. The van der Waals surface area contributed by atoms with E-state index in [1.165, 1.54) is 24.3 Å². The molecule has 0 fully saturated rings. The van der Waals surface area contributed by atoms with Gasteiger partial charge in [-0.15, -0.1) is 11.6 Å². The minimum Gasteiger partial charge on any atom is -0.348 e. The van der Waals surface area contributed by atoms with Gasteiger partial charge < -0.3 is 5.32 Å². The number of hydrogen-bond acceptors (Lipinski definition) is 3. The van der Waals surface area contributed by atoms with Crippen molar-refractivity contribution in [3.05, 3.63) is 75.3 Å². The number of nitrogens with one attached hydrogen (secondary N) is 1. The maximum absolute atomic E-state index is 12.0. The molecule has 2 rings (SSSR count). The summed E-state index contributed by atoms with van der Waals surface area (Å²) >= 11 is 5.75. The molecule has 5 nitrogen and oxygen atoms in total. The van der Waals surface area contributed by atoms with E-state index in [-0.39, 0.29) is 17.2 Å². The lowest BCUT2D eigenvalue weighted by Crippen LogP contribution is -2.22. The highest BCUT2D eigenvalue weighted by atomic mass is 35.5. The van der Waals surface area contributed by atoms with Crippen LogP contribution in [0.25, 0.3) is 0 Å². The lowest BCUT2D eigenvalue weighted by atomic mass is 10.1. The second-order valence-corrected chi connectivity index (χ2v) is 4.71. The van der Waals surface area contributed by atoms with Crippen molar-refractivity contribution in [2.24, 2.45) is 0 Å². The number of amides is 1. The van der Waals surface area contributed by atoms with E-state index in [2.05, 4.69) is 5.32 Å². The Morgan fingerprint density at radius 1 is 1.14 bits per heavy atom. The third-order valence-corrected chi connectivity index (χ3v) is 3.23. The van der Waals surface area contributed by atoms with E-state index in [1.807, 2.05) is 24.3 Å². The largest absolute Gasteiger partial charge is 0.348 e. The second kappa shape index (κ2) is 6.85. The molecule has 0 saturated carbocycles. The molecule has 6 heteroatoms. The van der Waals surface area contributed by atoms with Gasteiger partial charge in [0, 0.05) is 30.1 Å². The number of rotatable bonds is 5. The summed E-state index contributed by atoms with van der Waals surface area (Å²) in [6.45, 7) is 0.340. The van der Waals surface area contributed by atoms with Crippen molar-refractivity contribution in [3.63, 3.8) is 0 Å². The summed E-state index contributed by atoms with van der Waals surface area (Å²) in [5.41, 5.74) is 2.05. The number of hydrogen-bond donors (Lipinski definition) is 1. The maximum Gasteiger partial charge on any atom is 0.270 e. The van der Waals surface area contributed by atoms with Crippen LogP contribution in [0.3, 0.4) is 0 Å². The van der Waals surface area contributed by atoms with E-state index in [0.29, 0.717) is 12.4 Å². The van der Waals surface area contributed by atoms with Crippen LogP contribution in [0.4, 0.5) is 5.69 Å². The molecule has 0 saturated heterocycles. The Balaban J connectivity index is 2.04. The van der Waals surface area contributed by atoms with Crippen LogP contribution in [0.5, 0.6) is 0 Å². The van der Waals surface area contributed by atoms with Gasteiger partial charge in [0.2, 0.25) is 0 Å². The van der Waals surface area contributed by atoms with Gasteiger partial charge in [0.25, 0.3) is 11.6 Å². The molecule has 0 aliphatic heterocycles. The second-order valence-electron chi connectivity index (χ2n) is 4.44. The van der Waals surface area contributed by atoms with Gasteiger partial charge in [-0.05, 0) is 17.2 Å². The fraction of sp³-hybridized carbons (Fsp3) is 0.133. The monoisotopic (exact) mass is 304 g/mol. The van der Waals surface area contributed by atoms with Crippen molar-refractivity contribution in [1.82, 2.24) is 5.32 Å². The Labute approximate surface area is 126 Å². The molecular weight excluding hydrogens is 292 g/mol. The summed E-state index contributed by atoms with van der Waals surface area (Å²) < 4.78 is 0. The number of alkyl halides is 1. The van der Waals surface area contributed by atoms with Gasteiger partial charge in [-0.25, -0.2) is 0 Å². The van der Waals surface area contributed by atoms with Crippen LogP contribution in [-0.2, 0) is 12.4 Å². The average molecular weight is 305 g/mol. The van der Waals surface area contributed by atoms with Crippen molar-refractivity contribution in [1.29, 1.82) is 0 Å². The van der Waals surface area contributed by atoms with Crippen molar-refractivity contribution in [3.8, 4) is 0 Å². The summed E-state index contributed by atoms with van der Waals surface area (Å²) in [4.78, 5) is 22.1. The Bertz CT molecular complexity index is 673. The molecule has 0 heterocycles. The summed E-state index contributed by atoms with van der Waals surface area (Å²) in [5.74, 6) is 0.0575. The highest BCUT2D eigenvalue weighted by Crippen LogP contribution is 2.13. The van der Waals surface area contributed by atoms with E-state index < -0.39 is 4.92 Å². The van der Waals surface area contributed by atoms with Crippen LogP contribution >= 0.6 is 11.6 Å². The summed E-state index contributed by atoms with van der Waals surface area (Å²) in [6, 6.07) is 13.2. The minimum atomic E-state index is -0.527. The van der Waals surface area contributed by atoms with E-state index in [1.54, 1.807) is 0 Å². The SMILES string of the molecule is O=C(NCc1cccc(CCl)c1)c1cccc([N+](=O)[O-])c1. The molecule has 0 aromatic heterocycles. The lowest BCUT2D eigenvalue weighted by molar-refractivity contribution is -0.384. The number of non-ortho nitro benzene ring substituents is 1. The number of halogens is 1. The van der Waals surface area contributed by atoms with Gasteiger partial charge in [0.15, 0.2) is 0 Å². The highest BCUT2D eigenvalue weighted by molar-refractivity contribution is 6.17. The van der Waals surface area contributed by atoms with Crippen molar-refractivity contribution in [2.45, 2.75) is 12.4 Å². The first-order valence-corrected chi connectivity index (χ1v) is 6.80. The predicted octanol–water partition coefficient (Wildman–Crippen LogP) is 3.26. The number of carbonyl (C=O) groups is 1. The zero-order chi connectivity index (χ0) is 15.2. The molecule has 1 N–H and O–H groups in total. The summed E-state index contributed by atoms with van der Waals surface area (Å²) in [7, 11) is 0. The fourth-order valence-electron chi connectivity index (χ4n) is 1.87. The molecule has 108 valence electrons. The molecule has 21 heavy (non-hydrogen) atoms. The quantitative estimate of drug-likeness (QED) is 0.523. The topological polar surface area (TPSA) is 72.2 Å². The van der Waals surface area contributed by atoms with Crippen molar-refractivity contribution >= 4 is 23.2 Å². The predicted molar refractivity (Wildman–Crippen MR) is 80.3 cm³/mol. The maximum atomic E-state index is 12.0. The average Bonchev–Trinajstić information content (AvgIpc) is 2.53. The number of nitro benzene ring substituents is 1. The molecule has 0 unspecified atom stereocenters. The molecule has 0 aliphatic carbocycles. The van der Waals surface area contributed by atoms with E-state index in [0.717, 1.165) is 11.1 Å². The Kier molecular flexibility index (Phi) is 4.90. The van der Waals surface area contributed by atoms with Gasteiger partial charge in [-0.1, -0.05) is 30.3 Å². The molecule has 1 amide bonds. The molecule has 0 bridgehead atoms. The first-order chi connectivity index (χ1) is 10.1. The normalized spacial score (nSPS) is 10.1. The molecule has 0 spiro atoms. The number of benzene rings is 2. The van der Waals surface area contributed by atoms with Gasteiger partial charge in [0.1, 0.15) is 0 Å². The van der Waals surface area contributed by atoms with Crippen LogP contribution in [0.15, 0.2) is 48.5 Å². The first-order valence-electron chi connectivity index (χ1n) is 6.26. The van der Waals surface area contributed by atoms with Crippen molar-refractivity contribution in [2.75, 3.05) is 0 Å². The highest BCUT2D eigenvalue weighted by Gasteiger charge is 2.11. The van der Waals surface area contributed by atoms with E-state index in [4.69, 9.17) is 11.6 Å². The number of carbonyl (C=O) groups excluding carboxylic acids is 1. The Morgan fingerprint density at radius 2 is 1.86 bits per heavy atom. The standard InChI is InChI=1S/C15H13ClN2O3/c16-9-11-3-1-4-12(7-11)10-17-15(19)13-5-2-6-14(8-13)18(20)21/h1-8H,9-10H2,(H,17,19). The zero-order valence-electron chi connectivity index (χ0n) is 11.1. The van der Waals surface area contributed by atoms with Crippen LogP contribution < -0.4 is 5.32 Å². The van der Waals surface area contributed by atoms with Crippen LogP contribution in [0.1, 0.15) is 21.5 Å². The summed E-state index contributed by atoms with van der Waals surface area (Å²) in [5, 5.41) is 13.4. The third-order valence-electron chi connectivity index (χ3n) is 2.92. The Hall–Kier alpha value is -2.40. The van der Waals surface area contributed by atoms with E-state index in [9.17, 15) is 14.9 Å². The lowest BCUT2D eigenvalue weighted by Gasteiger charge is -2.06. The summed E-state index contributed by atoms with van der Waals surface area (Å²) in [6.07, 6.45) is 0. The number of nitro groups is 1. The first kappa shape index (κ1) is 15.0.